The topological polar surface area (TPSA) is 107 Å². The minimum atomic E-state index is -0.818. The SMILES string of the molecule is CCC(C)NC(=O)C(C)Oc1ccc(CN)cc1[N+](=O)[O-]. The van der Waals surface area contributed by atoms with E-state index in [0.717, 1.165) is 6.42 Å². The molecule has 21 heavy (non-hydrogen) atoms. The molecule has 7 heteroatoms. The van der Waals surface area contributed by atoms with Gasteiger partial charge in [0, 0.05) is 18.7 Å². The number of hydrogen-bond acceptors (Lipinski definition) is 5. The molecule has 2 unspecified atom stereocenters. The van der Waals surface area contributed by atoms with E-state index in [1.807, 2.05) is 13.8 Å². The van der Waals surface area contributed by atoms with Gasteiger partial charge in [0.05, 0.1) is 4.92 Å². The van der Waals surface area contributed by atoms with Crippen molar-refractivity contribution in [1.29, 1.82) is 0 Å². The first-order chi connectivity index (χ1) is 9.88. The molecule has 0 fully saturated rings. The van der Waals surface area contributed by atoms with Crippen LogP contribution in [0.3, 0.4) is 0 Å². The number of hydrogen-bond donors (Lipinski definition) is 2. The van der Waals surface area contributed by atoms with Crippen LogP contribution in [0.1, 0.15) is 32.8 Å². The molecule has 0 heterocycles. The van der Waals surface area contributed by atoms with E-state index in [4.69, 9.17) is 10.5 Å². The van der Waals surface area contributed by atoms with E-state index >= 15 is 0 Å². The summed E-state index contributed by atoms with van der Waals surface area (Å²) in [5, 5.41) is 13.8. The molecule has 1 aromatic rings. The third-order valence-corrected chi connectivity index (χ3v) is 3.13. The maximum absolute atomic E-state index is 11.9. The molecule has 7 nitrogen and oxygen atoms in total. The van der Waals surface area contributed by atoms with E-state index in [0.29, 0.717) is 5.56 Å². The van der Waals surface area contributed by atoms with Crippen LogP contribution in [0, 0.1) is 10.1 Å². The average molecular weight is 295 g/mol. The van der Waals surface area contributed by atoms with Crippen molar-refractivity contribution in [3.8, 4) is 5.75 Å². The fourth-order valence-corrected chi connectivity index (χ4v) is 1.64. The molecule has 1 rings (SSSR count). The zero-order valence-electron chi connectivity index (χ0n) is 12.5. The van der Waals surface area contributed by atoms with E-state index in [-0.39, 0.29) is 29.9 Å². The second-order valence-electron chi connectivity index (χ2n) is 4.84. The highest BCUT2D eigenvalue weighted by atomic mass is 16.6. The zero-order chi connectivity index (χ0) is 16.0. The summed E-state index contributed by atoms with van der Waals surface area (Å²) in [6.45, 7) is 5.58. The summed E-state index contributed by atoms with van der Waals surface area (Å²) in [6, 6.07) is 4.49. The molecule has 0 saturated heterocycles. The van der Waals surface area contributed by atoms with Crippen LogP contribution < -0.4 is 15.8 Å². The minimum absolute atomic E-state index is 0.0261. The first-order valence-corrected chi connectivity index (χ1v) is 6.83. The number of carbonyl (C=O) groups excluding carboxylic acids is 1. The van der Waals surface area contributed by atoms with Crippen molar-refractivity contribution in [2.45, 2.75) is 45.9 Å². The summed E-state index contributed by atoms with van der Waals surface area (Å²) in [7, 11) is 0. The van der Waals surface area contributed by atoms with Crippen molar-refractivity contribution in [2.75, 3.05) is 0 Å². The van der Waals surface area contributed by atoms with Gasteiger partial charge in [-0.15, -0.1) is 0 Å². The Morgan fingerprint density at radius 1 is 1.48 bits per heavy atom. The number of nitrogens with zero attached hydrogens (tertiary/aromatic N) is 1. The molecular weight excluding hydrogens is 274 g/mol. The Bertz CT molecular complexity index is 519. The molecule has 1 amide bonds. The monoisotopic (exact) mass is 295 g/mol. The summed E-state index contributed by atoms with van der Waals surface area (Å²) in [5.74, 6) is -0.245. The largest absolute Gasteiger partial charge is 0.474 e. The molecule has 0 aromatic heterocycles. The van der Waals surface area contributed by atoms with Gasteiger partial charge in [0.15, 0.2) is 11.9 Å². The van der Waals surface area contributed by atoms with Crippen LogP contribution in [0.15, 0.2) is 18.2 Å². The van der Waals surface area contributed by atoms with Gasteiger partial charge in [0.25, 0.3) is 5.91 Å². The third kappa shape index (κ3) is 4.71. The highest BCUT2D eigenvalue weighted by Crippen LogP contribution is 2.28. The number of nitro groups is 1. The number of amides is 1. The van der Waals surface area contributed by atoms with Crippen molar-refractivity contribution < 1.29 is 14.5 Å². The van der Waals surface area contributed by atoms with Gasteiger partial charge < -0.3 is 15.8 Å². The smallest absolute Gasteiger partial charge is 0.311 e. The maximum atomic E-state index is 11.9. The maximum Gasteiger partial charge on any atom is 0.311 e. The van der Waals surface area contributed by atoms with E-state index in [1.54, 1.807) is 13.0 Å². The molecule has 1 aromatic carbocycles. The predicted octanol–water partition coefficient (Wildman–Crippen LogP) is 1.74. The second-order valence-corrected chi connectivity index (χ2v) is 4.84. The molecule has 0 bridgehead atoms. The van der Waals surface area contributed by atoms with E-state index in [1.165, 1.54) is 12.1 Å². The lowest BCUT2D eigenvalue weighted by molar-refractivity contribution is -0.386. The van der Waals surface area contributed by atoms with Crippen molar-refractivity contribution in [3.05, 3.63) is 33.9 Å². The van der Waals surface area contributed by atoms with Crippen LogP contribution in [-0.4, -0.2) is 23.0 Å². The number of nitro benzene ring substituents is 1. The van der Waals surface area contributed by atoms with Crippen LogP contribution >= 0.6 is 0 Å². The quantitative estimate of drug-likeness (QED) is 0.588. The Labute approximate surface area is 123 Å². The fraction of sp³-hybridized carbons (Fsp3) is 0.500. The van der Waals surface area contributed by atoms with E-state index in [2.05, 4.69) is 5.32 Å². The van der Waals surface area contributed by atoms with Crippen molar-refractivity contribution in [2.24, 2.45) is 5.73 Å². The van der Waals surface area contributed by atoms with Gasteiger partial charge in [-0.2, -0.15) is 0 Å². The molecule has 0 aliphatic carbocycles. The Hall–Kier alpha value is -2.15. The van der Waals surface area contributed by atoms with Crippen molar-refractivity contribution in [1.82, 2.24) is 5.32 Å². The number of nitrogens with two attached hydrogens (primary N) is 1. The highest BCUT2D eigenvalue weighted by Gasteiger charge is 2.22. The van der Waals surface area contributed by atoms with Gasteiger partial charge in [-0.1, -0.05) is 13.0 Å². The molecule has 0 aliphatic heterocycles. The van der Waals surface area contributed by atoms with Crippen LogP contribution in [0.25, 0.3) is 0 Å². The molecule has 0 saturated carbocycles. The Kier molecular flexibility index (Phi) is 6.10. The Morgan fingerprint density at radius 2 is 2.14 bits per heavy atom. The molecular formula is C14H21N3O4. The molecule has 0 spiro atoms. The third-order valence-electron chi connectivity index (χ3n) is 3.13. The molecule has 2 atom stereocenters. The molecule has 3 N–H and O–H groups in total. The Morgan fingerprint density at radius 3 is 2.67 bits per heavy atom. The number of ether oxygens (including phenoxy) is 1. The van der Waals surface area contributed by atoms with E-state index in [9.17, 15) is 14.9 Å². The fourth-order valence-electron chi connectivity index (χ4n) is 1.64. The van der Waals surface area contributed by atoms with Gasteiger partial charge in [-0.3, -0.25) is 14.9 Å². The van der Waals surface area contributed by atoms with Gasteiger partial charge in [0.1, 0.15) is 0 Å². The first-order valence-electron chi connectivity index (χ1n) is 6.83. The van der Waals surface area contributed by atoms with Gasteiger partial charge >= 0.3 is 5.69 Å². The van der Waals surface area contributed by atoms with Crippen molar-refractivity contribution in [3.63, 3.8) is 0 Å². The number of rotatable bonds is 7. The lowest BCUT2D eigenvalue weighted by atomic mass is 10.2. The van der Waals surface area contributed by atoms with E-state index < -0.39 is 11.0 Å². The van der Waals surface area contributed by atoms with Crippen LogP contribution in [0.4, 0.5) is 5.69 Å². The summed E-state index contributed by atoms with van der Waals surface area (Å²) in [6.07, 6.45) is -0.0227. The molecule has 116 valence electrons. The zero-order valence-corrected chi connectivity index (χ0v) is 12.5. The predicted molar refractivity (Wildman–Crippen MR) is 79.0 cm³/mol. The Balaban J connectivity index is 2.86. The lowest BCUT2D eigenvalue weighted by Crippen LogP contribution is -2.41. The highest BCUT2D eigenvalue weighted by molar-refractivity contribution is 5.81. The van der Waals surface area contributed by atoms with Gasteiger partial charge in [-0.05, 0) is 31.9 Å². The average Bonchev–Trinajstić information content (AvgIpc) is 2.46. The van der Waals surface area contributed by atoms with Crippen molar-refractivity contribution >= 4 is 11.6 Å². The summed E-state index contributed by atoms with van der Waals surface area (Å²) in [5.41, 5.74) is 5.90. The van der Waals surface area contributed by atoms with Crippen LogP contribution in [0.2, 0.25) is 0 Å². The van der Waals surface area contributed by atoms with Gasteiger partial charge in [0.2, 0.25) is 0 Å². The van der Waals surface area contributed by atoms with Crippen LogP contribution in [-0.2, 0) is 11.3 Å². The molecule has 0 aliphatic rings. The standard InChI is InChI=1S/C14H21N3O4/c1-4-9(2)16-14(18)10(3)21-13-6-5-11(8-15)7-12(13)17(19)20/h5-7,9-10H,4,8,15H2,1-3H3,(H,16,18). The van der Waals surface area contributed by atoms with Gasteiger partial charge in [-0.25, -0.2) is 0 Å². The normalized spacial score (nSPS) is 13.3. The van der Waals surface area contributed by atoms with Crippen LogP contribution in [0.5, 0.6) is 5.75 Å². The molecule has 0 radical (unpaired) electrons. The number of carbonyl (C=O) groups is 1. The summed E-state index contributed by atoms with van der Waals surface area (Å²) >= 11 is 0. The summed E-state index contributed by atoms with van der Waals surface area (Å²) < 4.78 is 5.42. The first kappa shape index (κ1) is 16.9. The minimum Gasteiger partial charge on any atom is -0.474 e. The second kappa shape index (κ2) is 7.58. The number of nitrogens with one attached hydrogen (secondary N) is 1. The number of benzene rings is 1. The lowest BCUT2D eigenvalue weighted by Gasteiger charge is -2.17. The summed E-state index contributed by atoms with van der Waals surface area (Å²) in [4.78, 5) is 22.4.